The lowest BCUT2D eigenvalue weighted by molar-refractivity contribution is -0.132. The summed E-state index contributed by atoms with van der Waals surface area (Å²) in [7, 11) is -3.40. The predicted octanol–water partition coefficient (Wildman–Crippen LogP) is 3.50. The van der Waals surface area contributed by atoms with Gasteiger partial charge >= 0.3 is 15.6 Å². The highest BCUT2D eigenvalue weighted by Gasteiger charge is 2.54. The van der Waals surface area contributed by atoms with Crippen molar-refractivity contribution in [3.05, 3.63) is 0 Å². The summed E-state index contributed by atoms with van der Waals surface area (Å²) >= 11 is 0. The zero-order valence-electron chi connectivity index (χ0n) is 20.1. The van der Waals surface area contributed by atoms with E-state index < -0.39 is 38.3 Å². The Morgan fingerprint density at radius 1 is 0.871 bits per heavy atom. The van der Waals surface area contributed by atoms with Crippen LogP contribution in [0.4, 0.5) is 0 Å². The van der Waals surface area contributed by atoms with Crippen molar-refractivity contribution in [2.45, 2.75) is 89.6 Å². The summed E-state index contributed by atoms with van der Waals surface area (Å²) in [5.74, 6) is 0. The van der Waals surface area contributed by atoms with Gasteiger partial charge in [-0.15, -0.1) is 0 Å². The van der Waals surface area contributed by atoms with Crippen LogP contribution in [0.15, 0.2) is 0 Å². The quantitative estimate of drug-likeness (QED) is 0.187. The minimum atomic E-state index is -1.92. The molecule has 184 valence electrons. The molecule has 0 saturated carbocycles. The largest absolute Gasteiger partial charge is 0.394 e. The smallest absolute Gasteiger partial charge is 0.376 e. The van der Waals surface area contributed by atoms with Crippen LogP contribution in [0, 0.1) is 0 Å². The number of aliphatic hydroxyl groups is 3. The Balaban J connectivity index is 4.61. The SMILES string of the molecule is CCOC(CO)C(O)C(C)(OCC)[P+](=O)CCCCC[P+](=O)C(C)(C)COC(C)CO. The van der Waals surface area contributed by atoms with E-state index in [0.717, 1.165) is 12.8 Å². The number of rotatable bonds is 19. The molecule has 6 unspecified atom stereocenters. The molecule has 0 radical (unpaired) electrons. The van der Waals surface area contributed by atoms with E-state index in [-0.39, 0.29) is 25.9 Å². The summed E-state index contributed by atoms with van der Waals surface area (Å²) < 4.78 is 42.2. The first-order valence-corrected chi connectivity index (χ1v) is 14.1. The molecule has 0 saturated heterocycles. The van der Waals surface area contributed by atoms with Crippen molar-refractivity contribution in [2.24, 2.45) is 0 Å². The van der Waals surface area contributed by atoms with Crippen LogP contribution in [0.1, 0.15) is 60.8 Å². The second-order valence-corrected chi connectivity index (χ2v) is 13.0. The first-order chi connectivity index (χ1) is 14.5. The van der Waals surface area contributed by atoms with Crippen molar-refractivity contribution in [1.82, 2.24) is 0 Å². The summed E-state index contributed by atoms with van der Waals surface area (Å²) in [6, 6.07) is 0. The van der Waals surface area contributed by atoms with E-state index in [2.05, 4.69) is 0 Å². The molecule has 0 aromatic carbocycles. The molecule has 31 heavy (non-hydrogen) atoms. The second kappa shape index (κ2) is 15.7. The van der Waals surface area contributed by atoms with Gasteiger partial charge in [0, 0.05) is 20.1 Å². The van der Waals surface area contributed by atoms with Crippen molar-refractivity contribution in [3.8, 4) is 0 Å². The summed E-state index contributed by atoms with van der Waals surface area (Å²) in [5, 5.41) is 27.4. The molecule has 0 aromatic heterocycles. The van der Waals surface area contributed by atoms with Crippen molar-refractivity contribution < 1.29 is 38.7 Å². The van der Waals surface area contributed by atoms with Gasteiger partial charge in [0.25, 0.3) is 5.34 Å². The van der Waals surface area contributed by atoms with Crippen LogP contribution in [0.5, 0.6) is 0 Å². The Labute approximate surface area is 189 Å². The maximum Gasteiger partial charge on any atom is 0.376 e. The number of hydrogen-bond donors (Lipinski definition) is 3. The summed E-state index contributed by atoms with van der Waals surface area (Å²) in [4.78, 5) is 0. The summed E-state index contributed by atoms with van der Waals surface area (Å²) in [5.41, 5.74) is 0. The molecule has 0 aromatic rings. The van der Waals surface area contributed by atoms with E-state index in [4.69, 9.17) is 19.3 Å². The minimum Gasteiger partial charge on any atom is -0.394 e. The van der Waals surface area contributed by atoms with Crippen LogP contribution in [0.2, 0.25) is 0 Å². The van der Waals surface area contributed by atoms with Crippen molar-refractivity contribution in [1.29, 1.82) is 0 Å². The molecular weight excluding hydrogens is 442 g/mol. The molecule has 0 aliphatic heterocycles. The minimum absolute atomic E-state index is 0.0655. The van der Waals surface area contributed by atoms with E-state index in [0.29, 0.717) is 32.0 Å². The topological polar surface area (TPSA) is 123 Å². The Morgan fingerprint density at radius 2 is 1.45 bits per heavy atom. The lowest BCUT2D eigenvalue weighted by Gasteiger charge is -2.30. The molecule has 10 heteroatoms. The number of unbranched alkanes of at least 4 members (excludes halogenated alkanes) is 2. The van der Waals surface area contributed by atoms with E-state index >= 15 is 0 Å². The fourth-order valence-electron chi connectivity index (χ4n) is 3.08. The van der Waals surface area contributed by atoms with Gasteiger partial charge in [-0.2, -0.15) is 0 Å². The number of hydrogen-bond acceptors (Lipinski definition) is 8. The second-order valence-electron chi connectivity index (χ2n) is 8.49. The lowest BCUT2D eigenvalue weighted by Crippen LogP contribution is -2.49. The first-order valence-electron chi connectivity index (χ1n) is 11.2. The molecule has 3 N–H and O–H groups in total. The van der Waals surface area contributed by atoms with Gasteiger partial charge in [-0.05, 0) is 53.9 Å². The van der Waals surface area contributed by atoms with Gasteiger partial charge in [0.15, 0.2) is 11.3 Å². The molecule has 8 nitrogen and oxygen atoms in total. The Hall–Kier alpha value is -0.0400. The van der Waals surface area contributed by atoms with Gasteiger partial charge < -0.3 is 29.5 Å². The third-order valence-corrected chi connectivity index (χ3v) is 9.58. The fourth-order valence-corrected chi connectivity index (χ4v) is 6.11. The van der Waals surface area contributed by atoms with Gasteiger partial charge in [0.2, 0.25) is 0 Å². The summed E-state index contributed by atoms with van der Waals surface area (Å²) in [6.07, 6.45) is 0.734. The van der Waals surface area contributed by atoms with Crippen LogP contribution in [0.3, 0.4) is 0 Å². The third kappa shape index (κ3) is 10.6. The van der Waals surface area contributed by atoms with Crippen molar-refractivity contribution >= 4 is 15.6 Å². The Bertz CT molecular complexity index is 532. The highest BCUT2D eigenvalue weighted by Crippen LogP contribution is 2.45. The number of ether oxygens (including phenoxy) is 3. The average molecular weight is 487 g/mol. The van der Waals surface area contributed by atoms with Crippen LogP contribution in [-0.4, -0.2) is 89.5 Å². The Morgan fingerprint density at radius 3 is 1.94 bits per heavy atom. The van der Waals surface area contributed by atoms with Crippen LogP contribution < -0.4 is 0 Å². The molecule has 0 aliphatic carbocycles. The summed E-state index contributed by atoms with van der Waals surface area (Å²) in [6.45, 7) is 11.2. The van der Waals surface area contributed by atoms with E-state index in [9.17, 15) is 19.3 Å². The monoisotopic (exact) mass is 486 g/mol. The van der Waals surface area contributed by atoms with Gasteiger partial charge in [0.05, 0.1) is 25.9 Å². The lowest BCUT2D eigenvalue weighted by atomic mass is 10.1. The highest BCUT2D eigenvalue weighted by molar-refractivity contribution is 7.46. The van der Waals surface area contributed by atoms with Gasteiger partial charge in [0.1, 0.15) is 18.4 Å². The fraction of sp³-hybridized carbons (Fsp3) is 1.00. The predicted molar refractivity (Wildman–Crippen MR) is 124 cm³/mol. The maximum atomic E-state index is 13.0. The van der Waals surface area contributed by atoms with Crippen molar-refractivity contribution in [3.63, 3.8) is 0 Å². The van der Waals surface area contributed by atoms with Gasteiger partial charge in [-0.3, -0.25) is 0 Å². The zero-order chi connectivity index (χ0) is 24.1. The molecule has 0 amide bonds. The van der Waals surface area contributed by atoms with Gasteiger partial charge in [-0.1, -0.05) is 9.13 Å². The van der Waals surface area contributed by atoms with E-state index in [1.807, 2.05) is 13.8 Å². The Kier molecular flexibility index (Phi) is 15.7. The molecule has 0 spiro atoms. The van der Waals surface area contributed by atoms with E-state index in [1.54, 1.807) is 27.7 Å². The molecular formula is C21H44O8P2+2. The van der Waals surface area contributed by atoms with Gasteiger partial charge in [-0.25, -0.2) is 0 Å². The highest BCUT2D eigenvalue weighted by atomic mass is 31.1. The molecule has 6 atom stereocenters. The maximum absolute atomic E-state index is 13.0. The van der Waals surface area contributed by atoms with Crippen molar-refractivity contribution in [2.75, 3.05) is 45.4 Å². The average Bonchev–Trinajstić information content (AvgIpc) is 2.74. The van der Waals surface area contributed by atoms with Crippen LogP contribution in [-0.2, 0) is 23.3 Å². The third-order valence-electron chi connectivity index (χ3n) is 5.27. The molecule has 0 aliphatic rings. The molecule has 0 heterocycles. The molecule has 0 bridgehead atoms. The van der Waals surface area contributed by atoms with Crippen LogP contribution in [0.25, 0.3) is 0 Å². The first kappa shape index (κ1) is 31.0. The van der Waals surface area contributed by atoms with E-state index in [1.165, 1.54) is 0 Å². The number of aliphatic hydroxyl groups excluding tert-OH is 3. The standard InChI is InChI=1S/C21H44O8P2/c1-7-27-18(15-23)19(24)21(6,29-8-2)31(26)13-11-9-10-12-30(25)20(4,5)16-28-17(3)14-22/h17-19,22-24H,7-16H2,1-6H3/q+2. The zero-order valence-corrected chi connectivity index (χ0v) is 21.9. The van der Waals surface area contributed by atoms with Crippen LogP contribution >= 0.6 is 15.6 Å². The molecule has 0 rings (SSSR count). The normalized spacial score (nSPS) is 18.2. The molecule has 0 fully saturated rings.